The van der Waals surface area contributed by atoms with E-state index in [0.717, 1.165) is 41.3 Å². The molecule has 1 saturated carbocycles. The zero-order valence-corrected chi connectivity index (χ0v) is 13.5. The van der Waals surface area contributed by atoms with Crippen LogP contribution in [0.2, 0.25) is 0 Å². The highest BCUT2D eigenvalue weighted by atomic mass is 79.9. The van der Waals surface area contributed by atoms with Crippen LogP contribution in [0.1, 0.15) is 25.3 Å². The zero-order chi connectivity index (χ0) is 14.5. The maximum atomic E-state index is 13.6. The number of aliphatic imine (C=N–C) groups is 1. The van der Waals surface area contributed by atoms with Crippen LogP contribution in [0.25, 0.3) is 0 Å². The summed E-state index contributed by atoms with van der Waals surface area (Å²) in [6.07, 6.45) is 2.81. The van der Waals surface area contributed by atoms with Crippen LogP contribution in [-0.2, 0) is 6.42 Å². The van der Waals surface area contributed by atoms with Crippen molar-refractivity contribution in [3.63, 3.8) is 0 Å². The average Bonchev–Trinajstić information content (AvgIpc) is 3.10. The Labute approximate surface area is 128 Å². The summed E-state index contributed by atoms with van der Waals surface area (Å²) >= 11 is 3.26. The molecule has 2 atom stereocenters. The molecule has 110 valence electrons. The molecule has 0 aromatic heterocycles. The summed E-state index contributed by atoms with van der Waals surface area (Å²) in [7, 11) is 1.77. The van der Waals surface area contributed by atoms with Gasteiger partial charge in [0, 0.05) is 24.1 Å². The van der Waals surface area contributed by atoms with E-state index in [0.29, 0.717) is 6.04 Å². The summed E-state index contributed by atoms with van der Waals surface area (Å²) < 4.78 is 14.4. The van der Waals surface area contributed by atoms with Gasteiger partial charge in [-0.2, -0.15) is 0 Å². The van der Waals surface area contributed by atoms with Crippen LogP contribution in [-0.4, -0.2) is 25.6 Å². The van der Waals surface area contributed by atoms with Crippen molar-refractivity contribution in [2.24, 2.45) is 10.9 Å². The van der Waals surface area contributed by atoms with Crippen LogP contribution in [0.3, 0.4) is 0 Å². The topological polar surface area (TPSA) is 36.4 Å². The van der Waals surface area contributed by atoms with E-state index in [1.54, 1.807) is 7.05 Å². The maximum Gasteiger partial charge on any atom is 0.191 e. The van der Waals surface area contributed by atoms with Gasteiger partial charge >= 0.3 is 0 Å². The minimum Gasteiger partial charge on any atom is -0.356 e. The normalized spacial score (nSPS) is 21.7. The predicted molar refractivity (Wildman–Crippen MR) is 84.5 cm³/mol. The first-order chi connectivity index (χ1) is 9.60. The third kappa shape index (κ3) is 4.47. The van der Waals surface area contributed by atoms with E-state index < -0.39 is 0 Å². The van der Waals surface area contributed by atoms with E-state index in [9.17, 15) is 4.39 Å². The monoisotopic (exact) mass is 341 g/mol. The quantitative estimate of drug-likeness (QED) is 0.490. The molecular weight excluding hydrogens is 321 g/mol. The second-order valence-corrected chi connectivity index (χ2v) is 6.22. The van der Waals surface area contributed by atoms with Gasteiger partial charge in [0.05, 0.1) is 0 Å². The van der Waals surface area contributed by atoms with Crippen molar-refractivity contribution in [2.45, 2.75) is 32.2 Å². The lowest BCUT2D eigenvalue weighted by Crippen LogP contribution is -2.39. The van der Waals surface area contributed by atoms with Gasteiger partial charge in [0.1, 0.15) is 5.82 Å². The molecule has 5 heteroatoms. The molecule has 0 aliphatic heterocycles. The Morgan fingerprint density at radius 1 is 1.50 bits per heavy atom. The lowest BCUT2D eigenvalue weighted by molar-refractivity contribution is 0.601. The van der Waals surface area contributed by atoms with Crippen molar-refractivity contribution in [3.05, 3.63) is 34.1 Å². The molecule has 0 spiro atoms. The molecule has 1 aliphatic rings. The summed E-state index contributed by atoms with van der Waals surface area (Å²) in [5, 5.41) is 6.64. The van der Waals surface area contributed by atoms with E-state index in [1.165, 1.54) is 12.5 Å². The van der Waals surface area contributed by atoms with Gasteiger partial charge in [0.25, 0.3) is 0 Å². The predicted octanol–water partition coefficient (Wildman–Crippen LogP) is 3.09. The number of benzene rings is 1. The second-order valence-electron chi connectivity index (χ2n) is 5.30. The Morgan fingerprint density at radius 2 is 2.25 bits per heavy atom. The highest BCUT2D eigenvalue weighted by Gasteiger charge is 2.33. The highest BCUT2D eigenvalue weighted by Crippen LogP contribution is 2.28. The lowest BCUT2D eigenvalue weighted by Gasteiger charge is -2.11. The highest BCUT2D eigenvalue weighted by molar-refractivity contribution is 9.10. The molecule has 0 amide bonds. The van der Waals surface area contributed by atoms with Crippen LogP contribution < -0.4 is 10.6 Å². The summed E-state index contributed by atoms with van der Waals surface area (Å²) in [5.41, 5.74) is 0.758. The molecule has 0 heterocycles. The Hall–Kier alpha value is -1.10. The fraction of sp³-hybridized carbons (Fsp3) is 0.533. The largest absolute Gasteiger partial charge is 0.356 e. The van der Waals surface area contributed by atoms with Gasteiger partial charge in [-0.3, -0.25) is 4.99 Å². The molecule has 0 bridgehead atoms. The minimum atomic E-state index is -0.145. The van der Waals surface area contributed by atoms with E-state index in [-0.39, 0.29) is 5.82 Å². The Bertz CT molecular complexity index is 490. The number of aryl methyl sites for hydroxylation is 1. The maximum absolute atomic E-state index is 13.6. The molecular formula is C15H21BrFN3. The molecule has 0 saturated heterocycles. The minimum absolute atomic E-state index is 0.145. The lowest BCUT2D eigenvalue weighted by atomic mass is 10.1. The van der Waals surface area contributed by atoms with Crippen molar-refractivity contribution < 1.29 is 4.39 Å². The summed E-state index contributed by atoms with van der Waals surface area (Å²) in [6.45, 7) is 3.01. The van der Waals surface area contributed by atoms with Crippen LogP contribution >= 0.6 is 15.9 Å². The van der Waals surface area contributed by atoms with Crippen molar-refractivity contribution >= 4 is 21.9 Å². The van der Waals surface area contributed by atoms with Gasteiger partial charge in [-0.15, -0.1) is 0 Å². The first kappa shape index (κ1) is 15.3. The van der Waals surface area contributed by atoms with Gasteiger partial charge in [0.2, 0.25) is 0 Å². The van der Waals surface area contributed by atoms with Crippen LogP contribution in [0.15, 0.2) is 27.7 Å². The van der Waals surface area contributed by atoms with E-state index >= 15 is 0 Å². The first-order valence-corrected chi connectivity index (χ1v) is 7.80. The van der Waals surface area contributed by atoms with Crippen LogP contribution in [0.4, 0.5) is 4.39 Å². The van der Waals surface area contributed by atoms with Gasteiger partial charge in [0.15, 0.2) is 5.96 Å². The number of rotatable bonds is 5. The second kappa shape index (κ2) is 7.07. The molecule has 2 unspecified atom stereocenters. The molecule has 2 rings (SSSR count). The SMILES string of the molecule is CN=C(NCCCc1ccc(Br)cc1F)NC1CC1C. The number of halogens is 2. The van der Waals surface area contributed by atoms with Crippen molar-refractivity contribution in [1.29, 1.82) is 0 Å². The molecule has 1 aliphatic carbocycles. The Morgan fingerprint density at radius 3 is 2.85 bits per heavy atom. The van der Waals surface area contributed by atoms with Crippen molar-refractivity contribution in [3.8, 4) is 0 Å². The van der Waals surface area contributed by atoms with Crippen LogP contribution in [0, 0.1) is 11.7 Å². The first-order valence-electron chi connectivity index (χ1n) is 7.01. The van der Waals surface area contributed by atoms with E-state index in [2.05, 4.69) is 38.5 Å². The standard InChI is InChI=1S/C15H21BrFN3/c1-10-8-14(10)20-15(18-2)19-7-3-4-11-5-6-12(16)9-13(11)17/h5-6,9-10,14H,3-4,7-8H2,1-2H3,(H2,18,19,20). The summed E-state index contributed by atoms with van der Waals surface area (Å²) in [6, 6.07) is 5.78. The molecule has 1 aromatic carbocycles. The van der Waals surface area contributed by atoms with Gasteiger partial charge in [-0.05, 0) is 42.9 Å². The number of nitrogens with zero attached hydrogens (tertiary/aromatic N) is 1. The molecule has 2 N–H and O–H groups in total. The Balaban J connectivity index is 1.70. The third-order valence-electron chi connectivity index (χ3n) is 3.59. The van der Waals surface area contributed by atoms with Crippen molar-refractivity contribution in [1.82, 2.24) is 10.6 Å². The number of hydrogen-bond acceptors (Lipinski definition) is 1. The zero-order valence-electron chi connectivity index (χ0n) is 11.9. The molecule has 0 radical (unpaired) electrons. The molecule has 3 nitrogen and oxygen atoms in total. The fourth-order valence-corrected chi connectivity index (χ4v) is 2.44. The summed E-state index contributed by atoms with van der Waals surface area (Å²) in [4.78, 5) is 4.19. The smallest absolute Gasteiger partial charge is 0.191 e. The fourth-order valence-electron chi connectivity index (χ4n) is 2.10. The number of nitrogens with one attached hydrogen (secondary N) is 2. The van der Waals surface area contributed by atoms with Crippen LogP contribution in [0.5, 0.6) is 0 Å². The molecule has 20 heavy (non-hydrogen) atoms. The number of hydrogen-bond donors (Lipinski definition) is 2. The molecule has 1 fully saturated rings. The average molecular weight is 342 g/mol. The van der Waals surface area contributed by atoms with E-state index in [1.807, 2.05) is 12.1 Å². The Kier molecular flexibility index (Phi) is 5.40. The van der Waals surface area contributed by atoms with Gasteiger partial charge in [-0.25, -0.2) is 4.39 Å². The summed E-state index contributed by atoms with van der Waals surface area (Å²) in [5.74, 6) is 1.44. The molecule has 1 aromatic rings. The van der Waals surface area contributed by atoms with Gasteiger partial charge in [-0.1, -0.05) is 28.9 Å². The number of guanidine groups is 1. The third-order valence-corrected chi connectivity index (χ3v) is 4.08. The van der Waals surface area contributed by atoms with Gasteiger partial charge < -0.3 is 10.6 Å². The van der Waals surface area contributed by atoms with Crippen molar-refractivity contribution in [2.75, 3.05) is 13.6 Å². The van der Waals surface area contributed by atoms with E-state index in [4.69, 9.17) is 0 Å².